The van der Waals surface area contributed by atoms with Gasteiger partial charge in [-0.1, -0.05) is 63.2 Å². The van der Waals surface area contributed by atoms with Crippen LogP contribution in [0, 0.1) is 13.8 Å². The van der Waals surface area contributed by atoms with E-state index in [0.717, 1.165) is 26.7 Å². The summed E-state index contributed by atoms with van der Waals surface area (Å²) in [6, 6.07) is 17.0. The van der Waals surface area contributed by atoms with Gasteiger partial charge in [0.15, 0.2) is 4.80 Å². The minimum Gasteiger partial charge on any atom is -0.463 e. The first-order valence-electron chi connectivity index (χ1n) is 11.9. The average molecular weight is 578 g/mol. The summed E-state index contributed by atoms with van der Waals surface area (Å²) in [7, 11) is 0. The lowest BCUT2D eigenvalue weighted by atomic mass is 9.95. The van der Waals surface area contributed by atoms with Crippen molar-refractivity contribution in [1.82, 2.24) is 4.57 Å². The lowest BCUT2D eigenvalue weighted by molar-refractivity contribution is -0.139. The molecule has 0 spiro atoms. The number of esters is 1. The fourth-order valence-electron chi connectivity index (χ4n) is 4.38. The molecular formula is C29H25BrN2O4S. The van der Waals surface area contributed by atoms with Crippen LogP contribution in [0.5, 0.6) is 0 Å². The Balaban J connectivity index is 1.63. The van der Waals surface area contributed by atoms with Crippen molar-refractivity contribution in [1.29, 1.82) is 0 Å². The fourth-order valence-corrected chi connectivity index (χ4v) is 6.10. The number of thiazole rings is 1. The van der Waals surface area contributed by atoms with E-state index in [0.29, 0.717) is 32.1 Å². The van der Waals surface area contributed by atoms with Gasteiger partial charge in [0, 0.05) is 16.1 Å². The van der Waals surface area contributed by atoms with Gasteiger partial charge < -0.3 is 9.15 Å². The predicted octanol–water partition coefficient (Wildman–Crippen LogP) is 5.44. The summed E-state index contributed by atoms with van der Waals surface area (Å²) in [5.74, 6) is 0.785. The van der Waals surface area contributed by atoms with E-state index in [1.54, 1.807) is 24.5 Å². The van der Waals surface area contributed by atoms with Crippen LogP contribution in [0.15, 0.2) is 84.5 Å². The van der Waals surface area contributed by atoms with Gasteiger partial charge in [0.05, 0.1) is 28.5 Å². The number of rotatable bonds is 5. The zero-order valence-corrected chi connectivity index (χ0v) is 23.3. The van der Waals surface area contributed by atoms with Gasteiger partial charge in [0.1, 0.15) is 11.5 Å². The number of carbonyl (C=O) groups excluding carboxylic acids is 1. The van der Waals surface area contributed by atoms with Gasteiger partial charge in [-0.05, 0) is 63.1 Å². The van der Waals surface area contributed by atoms with Crippen molar-refractivity contribution in [2.24, 2.45) is 4.99 Å². The molecule has 0 radical (unpaired) electrons. The average Bonchev–Trinajstić information content (AvgIpc) is 3.43. The van der Waals surface area contributed by atoms with Crippen molar-refractivity contribution in [3.8, 4) is 11.3 Å². The van der Waals surface area contributed by atoms with Gasteiger partial charge in [-0.25, -0.2) is 9.79 Å². The second-order valence-corrected chi connectivity index (χ2v) is 10.8. The van der Waals surface area contributed by atoms with Crippen molar-refractivity contribution >= 4 is 39.3 Å². The maximum Gasteiger partial charge on any atom is 0.338 e. The molecule has 0 bridgehead atoms. The molecule has 0 saturated heterocycles. The van der Waals surface area contributed by atoms with Crippen molar-refractivity contribution in [3.63, 3.8) is 0 Å². The van der Waals surface area contributed by atoms with Crippen LogP contribution in [-0.2, 0) is 9.53 Å². The first-order valence-corrected chi connectivity index (χ1v) is 13.5. The van der Waals surface area contributed by atoms with Crippen LogP contribution in [0.2, 0.25) is 0 Å². The number of halogens is 1. The van der Waals surface area contributed by atoms with Gasteiger partial charge in [0.2, 0.25) is 0 Å². The number of aromatic nitrogens is 1. The number of furan rings is 1. The minimum atomic E-state index is -0.631. The van der Waals surface area contributed by atoms with Gasteiger partial charge in [-0.15, -0.1) is 0 Å². The maximum absolute atomic E-state index is 13.7. The largest absolute Gasteiger partial charge is 0.463 e. The number of hydrogen-bond acceptors (Lipinski definition) is 6. The molecule has 1 aliphatic heterocycles. The van der Waals surface area contributed by atoms with Crippen LogP contribution in [0.25, 0.3) is 17.4 Å². The van der Waals surface area contributed by atoms with Crippen LogP contribution in [-0.4, -0.2) is 17.1 Å². The molecule has 188 valence electrons. The Morgan fingerprint density at radius 1 is 1.11 bits per heavy atom. The molecule has 0 saturated carbocycles. The second-order valence-electron chi connectivity index (χ2n) is 8.90. The van der Waals surface area contributed by atoms with E-state index < -0.39 is 12.0 Å². The van der Waals surface area contributed by atoms with E-state index in [4.69, 9.17) is 9.15 Å². The highest BCUT2D eigenvalue weighted by Gasteiger charge is 2.33. The molecule has 0 unspecified atom stereocenters. The Morgan fingerprint density at radius 2 is 1.84 bits per heavy atom. The molecule has 1 atom stereocenters. The lowest BCUT2D eigenvalue weighted by Crippen LogP contribution is -2.39. The van der Waals surface area contributed by atoms with Gasteiger partial charge >= 0.3 is 5.97 Å². The van der Waals surface area contributed by atoms with E-state index >= 15 is 0 Å². The number of aryl methyl sites for hydroxylation is 2. The molecule has 5 rings (SSSR count). The van der Waals surface area contributed by atoms with Gasteiger partial charge in [0.25, 0.3) is 5.56 Å². The second kappa shape index (κ2) is 10.1. The summed E-state index contributed by atoms with van der Waals surface area (Å²) in [5.41, 5.74) is 4.65. The molecule has 6 nitrogen and oxygen atoms in total. The summed E-state index contributed by atoms with van der Waals surface area (Å²) in [4.78, 5) is 31.9. The highest BCUT2D eigenvalue weighted by Crippen LogP contribution is 2.32. The zero-order chi connectivity index (χ0) is 26.3. The third-order valence-electron chi connectivity index (χ3n) is 6.20. The summed E-state index contributed by atoms with van der Waals surface area (Å²) < 4.78 is 14.4. The Hall–Kier alpha value is -3.49. The molecular weight excluding hydrogens is 552 g/mol. The van der Waals surface area contributed by atoms with Crippen LogP contribution >= 0.6 is 27.3 Å². The van der Waals surface area contributed by atoms with Crippen LogP contribution in [0.4, 0.5) is 0 Å². The van der Waals surface area contributed by atoms with E-state index in [2.05, 4.69) is 20.9 Å². The predicted molar refractivity (Wildman–Crippen MR) is 148 cm³/mol. The summed E-state index contributed by atoms with van der Waals surface area (Å²) in [5, 5.41) is 0. The molecule has 3 heterocycles. The number of fused-ring (bicyclic) bond motifs is 1. The normalized spacial score (nSPS) is 15.5. The summed E-state index contributed by atoms with van der Waals surface area (Å²) in [6.07, 6.45) is 1.73. The first-order chi connectivity index (χ1) is 17.8. The number of ether oxygens (including phenoxy) is 1. The molecule has 2 aromatic carbocycles. The highest BCUT2D eigenvalue weighted by molar-refractivity contribution is 9.10. The van der Waals surface area contributed by atoms with Crippen molar-refractivity contribution in [2.75, 3.05) is 6.61 Å². The molecule has 0 fully saturated rings. The number of carbonyl (C=O) groups is 1. The first kappa shape index (κ1) is 25.2. The standard InChI is InChI=1S/C29H25BrN2O4S/c1-5-35-28(34)25-18(4)31-29-32(26(25)19-9-6-16(2)7-10-19)27(33)24(37-29)15-20-11-13-23(36-20)21-12-8-17(3)14-22(21)30/h6-15,26H,5H2,1-4H3/b24-15-/t26-/m0/s1. The highest BCUT2D eigenvalue weighted by atomic mass is 79.9. The van der Waals surface area contributed by atoms with E-state index in [-0.39, 0.29) is 12.2 Å². The van der Waals surface area contributed by atoms with E-state index in [1.807, 2.05) is 68.4 Å². The van der Waals surface area contributed by atoms with Crippen molar-refractivity contribution in [2.45, 2.75) is 33.7 Å². The molecule has 1 aliphatic rings. The summed E-state index contributed by atoms with van der Waals surface area (Å²) >= 11 is 4.87. The Morgan fingerprint density at radius 3 is 2.54 bits per heavy atom. The Kier molecular flexibility index (Phi) is 6.88. The monoisotopic (exact) mass is 576 g/mol. The number of benzene rings is 2. The molecule has 0 N–H and O–H groups in total. The zero-order valence-electron chi connectivity index (χ0n) is 20.9. The van der Waals surface area contributed by atoms with Crippen molar-refractivity contribution in [3.05, 3.63) is 112 Å². The topological polar surface area (TPSA) is 73.8 Å². The SMILES string of the molecule is CCOC(=O)C1=C(C)N=c2s/c(=C\c3ccc(-c4ccc(C)cc4Br)o3)c(=O)n2[C@H]1c1ccc(C)cc1. The molecule has 0 aliphatic carbocycles. The van der Waals surface area contributed by atoms with Crippen molar-refractivity contribution < 1.29 is 13.9 Å². The van der Waals surface area contributed by atoms with Gasteiger partial charge in [-0.2, -0.15) is 0 Å². The number of hydrogen-bond donors (Lipinski definition) is 0. The lowest BCUT2D eigenvalue weighted by Gasteiger charge is -2.24. The Labute approximate surface area is 226 Å². The molecule has 8 heteroatoms. The Bertz CT molecular complexity index is 1720. The third kappa shape index (κ3) is 4.79. The fraction of sp³-hybridized carbons (Fsp3) is 0.207. The summed E-state index contributed by atoms with van der Waals surface area (Å²) in [6.45, 7) is 7.80. The minimum absolute atomic E-state index is 0.235. The van der Waals surface area contributed by atoms with Crippen LogP contribution in [0.3, 0.4) is 0 Å². The molecule has 2 aromatic heterocycles. The smallest absolute Gasteiger partial charge is 0.338 e. The maximum atomic E-state index is 13.7. The van der Waals surface area contributed by atoms with Crippen LogP contribution < -0.4 is 14.9 Å². The number of nitrogens with zero attached hydrogens (tertiary/aromatic N) is 2. The van der Waals surface area contributed by atoms with Crippen LogP contribution in [0.1, 0.15) is 42.3 Å². The van der Waals surface area contributed by atoms with E-state index in [1.165, 1.54) is 11.3 Å². The van der Waals surface area contributed by atoms with Gasteiger partial charge in [-0.3, -0.25) is 9.36 Å². The molecule has 37 heavy (non-hydrogen) atoms. The molecule has 0 amide bonds. The molecule has 4 aromatic rings. The third-order valence-corrected chi connectivity index (χ3v) is 7.84. The quantitative estimate of drug-likeness (QED) is 0.297. The number of allylic oxidation sites excluding steroid dienone is 1. The van der Waals surface area contributed by atoms with E-state index in [9.17, 15) is 9.59 Å².